The normalized spacial score (nSPS) is 14.1. The highest BCUT2D eigenvalue weighted by Gasteiger charge is 2.19. The predicted molar refractivity (Wildman–Crippen MR) is 93.1 cm³/mol. The van der Waals surface area contributed by atoms with Crippen LogP contribution in [-0.4, -0.2) is 18.1 Å². The van der Waals surface area contributed by atoms with Crippen LogP contribution in [0.25, 0.3) is 0 Å². The molecule has 4 nitrogen and oxygen atoms in total. The van der Waals surface area contributed by atoms with E-state index in [4.69, 9.17) is 9.05 Å². The summed E-state index contributed by atoms with van der Waals surface area (Å²) in [6.45, 7) is 5.02. The number of phosphoric ester groups is 1. The van der Waals surface area contributed by atoms with Crippen molar-refractivity contribution in [3.63, 3.8) is 0 Å². The third-order valence-corrected chi connectivity index (χ3v) is 4.77. The van der Waals surface area contributed by atoms with Crippen LogP contribution in [0.5, 0.6) is 0 Å². The Bertz CT molecular complexity index is 271. The van der Waals surface area contributed by atoms with Crippen LogP contribution in [0.15, 0.2) is 0 Å². The molecule has 22 heavy (non-hydrogen) atoms. The van der Waals surface area contributed by atoms with E-state index in [1.165, 1.54) is 51.4 Å². The molecule has 0 aliphatic carbocycles. The van der Waals surface area contributed by atoms with Gasteiger partial charge in [-0.25, -0.2) is 4.57 Å². The molecule has 0 aromatic heterocycles. The molecule has 0 fully saturated rings. The molecule has 1 atom stereocenters. The Hall–Kier alpha value is 0.110. The van der Waals surface area contributed by atoms with Gasteiger partial charge in [-0.3, -0.25) is 9.05 Å². The van der Waals surface area contributed by atoms with Gasteiger partial charge in [0.15, 0.2) is 0 Å². The maximum atomic E-state index is 11.6. The van der Waals surface area contributed by atoms with E-state index >= 15 is 0 Å². The molecule has 0 aromatic carbocycles. The van der Waals surface area contributed by atoms with Gasteiger partial charge in [0.1, 0.15) is 0 Å². The van der Waals surface area contributed by atoms with Crippen molar-refractivity contribution in [1.29, 1.82) is 0 Å². The van der Waals surface area contributed by atoms with Crippen molar-refractivity contribution >= 4 is 7.82 Å². The van der Waals surface area contributed by atoms with Crippen LogP contribution in [0.4, 0.5) is 0 Å². The molecule has 0 amide bonds. The topological polar surface area (TPSA) is 55.8 Å². The predicted octanol–water partition coefficient (Wildman–Crippen LogP) is 6.23. The average Bonchev–Trinajstić information content (AvgIpc) is 2.49. The molecule has 0 rings (SSSR count). The fourth-order valence-electron chi connectivity index (χ4n) is 2.34. The lowest BCUT2D eigenvalue weighted by Crippen LogP contribution is -1.99. The summed E-state index contributed by atoms with van der Waals surface area (Å²) in [7, 11) is -3.82. The maximum absolute atomic E-state index is 11.6. The molecule has 0 aromatic rings. The molecule has 134 valence electrons. The third kappa shape index (κ3) is 16.5. The first kappa shape index (κ1) is 22.1. The van der Waals surface area contributed by atoms with Crippen LogP contribution in [0.3, 0.4) is 0 Å². The first-order valence-electron chi connectivity index (χ1n) is 9.24. The van der Waals surface area contributed by atoms with Crippen LogP contribution < -0.4 is 0 Å². The number of hydrogen-bond donors (Lipinski definition) is 1. The van der Waals surface area contributed by atoms with Crippen molar-refractivity contribution in [1.82, 2.24) is 0 Å². The zero-order chi connectivity index (χ0) is 16.5. The number of phosphoric acid groups is 1. The van der Waals surface area contributed by atoms with Gasteiger partial charge in [0.25, 0.3) is 0 Å². The molecule has 0 spiro atoms. The van der Waals surface area contributed by atoms with E-state index in [0.29, 0.717) is 13.2 Å². The minimum atomic E-state index is -3.82. The van der Waals surface area contributed by atoms with Gasteiger partial charge >= 0.3 is 7.82 Å². The molecule has 1 unspecified atom stereocenters. The van der Waals surface area contributed by atoms with Crippen molar-refractivity contribution in [2.24, 2.45) is 0 Å². The third-order valence-electron chi connectivity index (χ3n) is 3.75. The summed E-state index contributed by atoms with van der Waals surface area (Å²) in [6.07, 6.45) is 15.0. The molecule has 0 aliphatic rings. The number of unbranched alkanes of at least 4 members (excludes halogenated alkanes) is 11. The fraction of sp³-hybridized carbons (Fsp3) is 1.00. The summed E-state index contributed by atoms with van der Waals surface area (Å²) >= 11 is 0. The molecule has 0 bridgehead atoms. The highest BCUT2D eigenvalue weighted by atomic mass is 31.2. The SMILES string of the molecule is CCCCCCCCCCOP(=O)(O)OCCCCCCC. The Morgan fingerprint density at radius 3 is 1.32 bits per heavy atom. The quantitative estimate of drug-likeness (QED) is 0.253. The van der Waals surface area contributed by atoms with E-state index in [1.807, 2.05) is 0 Å². The smallest absolute Gasteiger partial charge is 0.302 e. The lowest BCUT2D eigenvalue weighted by atomic mass is 10.1. The van der Waals surface area contributed by atoms with Gasteiger partial charge in [-0.1, -0.05) is 84.5 Å². The van der Waals surface area contributed by atoms with Gasteiger partial charge in [-0.2, -0.15) is 0 Å². The van der Waals surface area contributed by atoms with Gasteiger partial charge in [0.2, 0.25) is 0 Å². The minimum Gasteiger partial charge on any atom is -0.302 e. The zero-order valence-corrected chi connectivity index (χ0v) is 15.6. The van der Waals surface area contributed by atoms with E-state index in [1.54, 1.807) is 0 Å². The van der Waals surface area contributed by atoms with Crippen molar-refractivity contribution in [3.8, 4) is 0 Å². The minimum absolute atomic E-state index is 0.314. The molecule has 0 saturated carbocycles. The number of hydrogen-bond acceptors (Lipinski definition) is 3. The lowest BCUT2D eigenvalue weighted by molar-refractivity contribution is 0.145. The molecule has 5 heteroatoms. The van der Waals surface area contributed by atoms with E-state index < -0.39 is 7.82 Å². The van der Waals surface area contributed by atoms with Crippen molar-refractivity contribution < 1.29 is 18.5 Å². The van der Waals surface area contributed by atoms with E-state index in [-0.39, 0.29) is 0 Å². The lowest BCUT2D eigenvalue weighted by Gasteiger charge is -2.12. The summed E-state index contributed by atoms with van der Waals surface area (Å²) in [5, 5.41) is 0. The van der Waals surface area contributed by atoms with Crippen LogP contribution in [0.1, 0.15) is 97.3 Å². The second-order valence-electron chi connectivity index (χ2n) is 6.02. The van der Waals surface area contributed by atoms with E-state index in [2.05, 4.69) is 13.8 Å². The van der Waals surface area contributed by atoms with Crippen LogP contribution in [-0.2, 0) is 13.6 Å². The largest absolute Gasteiger partial charge is 0.472 e. The Morgan fingerprint density at radius 1 is 0.636 bits per heavy atom. The second kappa shape index (κ2) is 16.0. The van der Waals surface area contributed by atoms with Crippen LogP contribution in [0, 0.1) is 0 Å². The monoisotopic (exact) mass is 336 g/mol. The average molecular weight is 336 g/mol. The van der Waals surface area contributed by atoms with Crippen LogP contribution in [0.2, 0.25) is 0 Å². The maximum Gasteiger partial charge on any atom is 0.472 e. The summed E-state index contributed by atoms with van der Waals surface area (Å²) in [6, 6.07) is 0. The van der Waals surface area contributed by atoms with E-state index in [9.17, 15) is 9.46 Å². The standard InChI is InChI=1S/C17H37O4P/c1-3-5-7-9-10-11-13-15-17-21-22(18,19)20-16-14-12-8-6-4-2/h3-17H2,1-2H3,(H,18,19). The Balaban J connectivity index is 3.35. The highest BCUT2D eigenvalue weighted by molar-refractivity contribution is 7.47. The molecule has 0 heterocycles. The molecule has 0 aliphatic heterocycles. The summed E-state index contributed by atoms with van der Waals surface area (Å²) in [5.74, 6) is 0. The van der Waals surface area contributed by atoms with Crippen molar-refractivity contribution in [3.05, 3.63) is 0 Å². The Morgan fingerprint density at radius 2 is 0.955 bits per heavy atom. The van der Waals surface area contributed by atoms with Gasteiger partial charge in [0.05, 0.1) is 13.2 Å². The Kier molecular flexibility index (Phi) is 16.1. The highest BCUT2D eigenvalue weighted by Crippen LogP contribution is 2.43. The number of rotatable bonds is 17. The molecule has 1 N–H and O–H groups in total. The molecule has 0 radical (unpaired) electrons. The van der Waals surface area contributed by atoms with Gasteiger partial charge in [-0.15, -0.1) is 0 Å². The fourth-order valence-corrected chi connectivity index (χ4v) is 3.13. The summed E-state index contributed by atoms with van der Waals surface area (Å²) in [5.41, 5.74) is 0. The first-order chi connectivity index (χ1) is 10.6. The van der Waals surface area contributed by atoms with Crippen molar-refractivity contribution in [2.75, 3.05) is 13.2 Å². The Labute approximate surface area is 137 Å². The second-order valence-corrected chi connectivity index (χ2v) is 7.48. The zero-order valence-electron chi connectivity index (χ0n) is 14.7. The van der Waals surface area contributed by atoms with E-state index in [0.717, 1.165) is 32.1 Å². The van der Waals surface area contributed by atoms with Crippen molar-refractivity contribution in [2.45, 2.75) is 97.3 Å². The van der Waals surface area contributed by atoms with Gasteiger partial charge < -0.3 is 4.89 Å². The molecular formula is C17H37O4P. The van der Waals surface area contributed by atoms with Crippen LogP contribution >= 0.6 is 7.82 Å². The van der Waals surface area contributed by atoms with Gasteiger partial charge in [0, 0.05) is 0 Å². The van der Waals surface area contributed by atoms with Gasteiger partial charge in [-0.05, 0) is 12.8 Å². The summed E-state index contributed by atoms with van der Waals surface area (Å²) < 4.78 is 21.6. The summed E-state index contributed by atoms with van der Waals surface area (Å²) in [4.78, 5) is 9.53. The first-order valence-corrected chi connectivity index (χ1v) is 10.7. The molecular weight excluding hydrogens is 299 g/mol. The molecule has 0 saturated heterocycles.